The first-order valence-electron chi connectivity index (χ1n) is 7.01. The molecule has 1 aromatic rings. The Hall–Kier alpha value is -1.35. The van der Waals surface area contributed by atoms with Crippen LogP contribution in [0.1, 0.15) is 20.8 Å². The lowest BCUT2D eigenvalue weighted by Crippen LogP contribution is -2.58. The molecule has 1 unspecified atom stereocenters. The van der Waals surface area contributed by atoms with E-state index in [4.69, 9.17) is 47.0 Å². The van der Waals surface area contributed by atoms with Gasteiger partial charge in [-0.15, -0.1) is 0 Å². The van der Waals surface area contributed by atoms with Crippen molar-refractivity contribution in [1.82, 2.24) is 10.6 Å². The standard InChI is InChI=1S/C14H17Cl3N4O3S/c1-13(2,3)11(22)19-10(14(15,16)17)20-12(25)18-8-6-4-5-7-9(8)21(23)24/h4-7,10H,1-3H3,(H,19,22)(H2,18,20,25). The van der Waals surface area contributed by atoms with E-state index in [0.29, 0.717) is 0 Å². The van der Waals surface area contributed by atoms with Gasteiger partial charge in [0.25, 0.3) is 5.69 Å². The third kappa shape index (κ3) is 6.81. The molecule has 1 rings (SSSR count). The van der Waals surface area contributed by atoms with E-state index in [9.17, 15) is 14.9 Å². The summed E-state index contributed by atoms with van der Waals surface area (Å²) in [5.74, 6) is -0.371. The van der Waals surface area contributed by atoms with Gasteiger partial charge in [0.1, 0.15) is 11.9 Å². The monoisotopic (exact) mass is 426 g/mol. The SMILES string of the molecule is CC(C)(C)C(=O)NC(NC(=S)Nc1ccccc1[N+](=O)[O-])C(Cl)(Cl)Cl. The summed E-state index contributed by atoms with van der Waals surface area (Å²) in [5.41, 5.74) is -0.727. The second-order valence-electron chi connectivity index (χ2n) is 6.07. The van der Waals surface area contributed by atoms with Gasteiger partial charge in [0.15, 0.2) is 5.11 Å². The summed E-state index contributed by atoms with van der Waals surface area (Å²) in [6.07, 6.45) is -1.15. The van der Waals surface area contributed by atoms with Crippen LogP contribution >= 0.6 is 47.0 Å². The molecule has 1 amide bonds. The zero-order valence-electron chi connectivity index (χ0n) is 13.6. The molecule has 0 radical (unpaired) electrons. The fraction of sp³-hybridized carbons (Fsp3) is 0.429. The Kier molecular flexibility index (Phi) is 7.25. The summed E-state index contributed by atoms with van der Waals surface area (Å²) >= 11 is 22.7. The molecule has 0 bridgehead atoms. The van der Waals surface area contributed by atoms with Gasteiger partial charge in [-0.25, -0.2) is 0 Å². The van der Waals surface area contributed by atoms with E-state index in [0.717, 1.165) is 0 Å². The highest BCUT2D eigenvalue weighted by Crippen LogP contribution is 2.30. The summed E-state index contributed by atoms with van der Waals surface area (Å²) in [7, 11) is 0. The zero-order valence-corrected chi connectivity index (χ0v) is 16.7. The van der Waals surface area contributed by atoms with Crippen LogP contribution < -0.4 is 16.0 Å². The average molecular weight is 428 g/mol. The number of amides is 1. The number of nitrogens with zero attached hydrogens (tertiary/aromatic N) is 1. The molecule has 7 nitrogen and oxygen atoms in total. The third-order valence-electron chi connectivity index (χ3n) is 2.91. The molecule has 25 heavy (non-hydrogen) atoms. The van der Waals surface area contributed by atoms with Crippen molar-refractivity contribution in [1.29, 1.82) is 0 Å². The zero-order chi connectivity index (χ0) is 19.4. The predicted octanol–water partition coefficient (Wildman–Crippen LogP) is 3.74. The van der Waals surface area contributed by atoms with Crippen molar-refractivity contribution in [2.75, 3.05) is 5.32 Å². The predicted molar refractivity (Wildman–Crippen MR) is 104 cm³/mol. The lowest BCUT2D eigenvalue weighted by Gasteiger charge is -2.30. The van der Waals surface area contributed by atoms with Crippen LogP contribution in [0.25, 0.3) is 0 Å². The largest absolute Gasteiger partial charge is 0.339 e. The van der Waals surface area contributed by atoms with Crippen LogP contribution in [0.5, 0.6) is 0 Å². The number of carbonyl (C=O) groups excluding carboxylic acids is 1. The molecular weight excluding hydrogens is 411 g/mol. The number of thiocarbonyl (C=S) groups is 1. The van der Waals surface area contributed by atoms with E-state index in [2.05, 4.69) is 16.0 Å². The highest BCUT2D eigenvalue weighted by molar-refractivity contribution is 7.80. The highest BCUT2D eigenvalue weighted by Gasteiger charge is 2.37. The maximum Gasteiger partial charge on any atom is 0.292 e. The van der Waals surface area contributed by atoms with E-state index in [1.807, 2.05) is 0 Å². The lowest BCUT2D eigenvalue weighted by molar-refractivity contribution is -0.383. The summed E-state index contributed by atoms with van der Waals surface area (Å²) in [4.78, 5) is 22.6. The number of hydrogen-bond acceptors (Lipinski definition) is 4. The smallest absolute Gasteiger partial charge is 0.292 e. The Balaban J connectivity index is 2.90. The Morgan fingerprint density at radius 1 is 1.20 bits per heavy atom. The number of nitro groups is 1. The van der Waals surface area contributed by atoms with Crippen LogP contribution in [-0.2, 0) is 4.79 Å². The molecule has 0 fully saturated rings. The van der Waals surface area contributed by atoms with Crippen LogP contribution in [0.2, 0.25) is 0 Å². The summed E-state index contributed by atoms with van der Waals surface area (Å²) in [5, 5.41) is 18.8. The molecule has 0 aliphatic rings. The molecule has 1 atom stereocenters. The molecule has 0 aliphatic heterocycles. The Morgan fingerprint density at radius 3 is 2.24 bits per heavy atom. The number of rotatable bonds is 4. The van der Waals surface area contributed by atoms with Crippen molar-refractivity contribution < 1.29 is 9.72 Å². The van der Waals surface area contributed by atoms with Crippen LogP contribution in [0.4, 0.5) is 11.4 Å². The Labute approximate surface area is 165 Å². The van der Waals surface area contributed by atoms with Crippen molar-refractivity contribution in [2.24, 2.45) is 5.41 Å². The Bertz CT molecular complexity index is 674. The molecular formula is C14H17Cl3N4O3S. The maximum absolute atomic E-state index is 12.1. The summed E-state index contributed by atoms with van der Waals surface area (Å²) in [6, 6.07) is 5.92. The van der Waals surface area contributed by atoms with Crippen molar-refractivity contribution in [3.05, 3.63) is 34.4 Å². The van der Waals surface area contributed by atoms with Crippen molar-refractivity contribution in [3.63, 3.8) is 0 Å². The lowest BCUT2D eigenvalue weighted by atomic mass is 9.95. The normalized spacial score (nSPS) is 12.9. The first-order valence-corrected chi connectivity index (χ1v) is 8.55. The fourth-order valence-corrected chi connectivity index (χ4v) is 2.13. The minimum Gasteiger partial charge on any atom is -0.339 e. The number of benzene rings is 1. The van der Waals surface area contributed by atoms with Gasteiger partial charge in [-0.2, -0.15) is 0 Å². The topological polar surface area (TPSA) is 96.3 Å². The van der Waals surface area contributed by atoms with Crippen molar-refractivity contribution in [2.45, 2.75) is 30.7 Å². The van der Waals surface area contributed by atoms with Gasteiger partial charge in [-0.05, 0) is 18.3 Å². The van der Waals surface area contributed by atoms with Gasteiger partial charge < -0.3 is 16.0 Å². The molecule has 1 aromatic carbocycles. The third-order valence-corrected chi connectivity index (χ3v) is 3.78. The number of nitro benzene ring substituents is 1. The molecule has 3 N–H and O–H groups in total. The minimum absolute atomic E-state index is 0.0557. The van der Waals surface area contributed by atoms with Gasteiger partial charge in [0.2, 0.25) is 9.70 Å². The minimum atomic E-state index is -1.91. The molecule has 0 heterocycles. The average Bonchev–Trinajstić information content (AvgIpc) is 2.44. The first kappa shape index (κ1) is 21.7. The molecule has 0 saturated carbocycles. The number of para-hydroxylation sites is 2. The molecule has 0 spiro atoms. The van der Waals surface area contributed by atoms with Crippen LogP contribution in [0.15, 0.2) is 24.3 Å². The highest BCUT2D eigenvalue weighted by atomic mass is 35.6. The molecule has 0 saturated heterocycles. The van der Waals surface area contributed by atoms with E-state index >= 15 is 0 Å². The Morgan fingerprint density at radius 2 is 1.76 bits per heavy atom. The number of hydrogen-bond donors (Lipinski definition) is 3. The van der Waals surface area contributed by atoms with E-state index in [1.165, 1.54) is 18.2 Å². The maximum atomic E-state index is 12.1. The summed E-state index contributed by atoms with van der Waals surface area (Å²) in [6.45, 7) is 5.09. The number of carbonyl (C=O) groups is 1. The number of halogens is 3. The van der Waals surface area contributed by atoms with Gasteiger partial charge >= 0.3 is 0 Å². The number of nitrogens with one attached hydrogen (secondary N) is 3. The van der Waals surface area contributed by atoms with Gasteiger partial charge in [-0.3, -0.25) is 14.9 Å². The first-order chi connectivity index (χ1) is 11.3. The van der Waals surface area contributed by atoms with Crippen LogP contribution in [0.3, 0.4) is 0 Å². The molecule has 11 heteroatoms. The van der Waals surface area contributed by atoms with Crippen molar-refractivity contribution >= 4 is 69.4 Å². The molecule has 0 aromatic heterocycles. The van der Waals surface area contributed by atoms with Gasteiger partial charge in [0.05, 0.1) is 4.92 Å². The number of anilines is 1. The fourth-order valence-electron chi connectivity index (χ4n) is 1.58. The van der Waals surface area contributed by atoms with Crippen LogP contribution in [-0.4, -0.2) is 25.9 Å². The summed E-state index contributed by atoms with van der Waals surface area (Å²) < 4.78 is -1.91. The van der Waals surface area contributed by atoms with E-state index in [-0.39, 0.29) is 22.4 Å². The number of alkyl halides is 3. The molecule has 0 aliphatic carbocycles. The van der Waals surface area contributed by atoms with Crippen molar-refractivity contribution in [3.8, 4) is 0 Å². The second kappa shape index (κ2) is 8.35. The van der Waals surface area contributed by atoms with Crippen LogP contribution in [0, 0.1) is 15.5 Å². The van der Waals surface area contributed by atoms with E-state index < -0.39 is 20.3 Å². The van der Waals surface area contributed by atoms with Gasteiger partial charge in [-0.1, -0.05) is 67.7 Å². The van der Waals surface area contributed by atoms with E-state index in [1.54, 1.807) is 26.8 Å². The quantitative estimate of drug-likeness (QED) is 0.223. The second-order valence-corrected chi connectivity index (χ2v) is 8.85. The van der Waals surface area contributed by atoms with Gasteiger partial charge in [0, 0.05) is 11.5 Å². The molecule has 138 valence electrons.